The van der Waals surface area contributed by atoms with E-state index in [4.69, 9.17) is 0 Å². The summed E-state index contributed by atoms with van der Waals surface area (Å²) in [6, 6.07) is 15.0. The van der Waals surface area contributed by atoms with Gasteiger partial charge in [0.2, 0.25) is 0 Å². The van der Waals surface area contributed by atoms with E-state index in [0.717, 1.165) is 0 Å². The maximum Gasteiger partial charge on any atom is 0.265 e. The Labute approximate surface area is 148 Å². The number of benzene rings is 2. The minimum atomic E-state index is -0.374. The highest BCUT2D eigenvalue weighted by atomic mass is 16.3. The zero-order valence-corrected chi connectivity index (χ0v) is 13.9. The summed E-state index contributed by atoms with van der Waals surface area (Å²) in [6.07, 6.45) is 1.46. The molecule has 6 nitrogen and oxygen atoms in total. The molecule has 2 N–H and O–H groups in total. The Balaban J connectivity index is 2.02. The van der Waals surface area contributed by atoms with Gasteiger partial charge in [-0.15, -0.1) is 0 Å². The average molecular weight is 345 g/mol. The minimum absolute atomic E-state index is 0.104. The predicted molar refractivity (Wildman–Crippen MR) is 100 cm³/mol. The molecule has 4 rings (SSSR count). The fraction of sp³-hybridized carbons (Fsp3) is 0.0500. The molecule has 0 radical (unpaired) electrons. The third kappa shape index (κ3) is 2.39. The Morgan fingerprint density at radius 1 is 1.12 bits per heavy atom. The number of nitrogens with one attached hydrogen (secondary N) is 1. The van der Waals surface area contributed by atoms with Gasteiger partial charge in [0.1, 0.15) is 5.75 Å². The molecule has 2 aromatic carbocycles. The van der Waals surface area contributed by atoms with E-state index in [-0.39, 0.29) is 28.2 Å². The Kier molecular flexibility index (Phi) is 3.65. The summed E-state index contributed by atoms with van der Waals surface area (Å²) in [7, 11) is 1.70. The van der Waals surface area contributed by atoms with Gasteiger partial charge in [0.25, 0.3) is 5.56 Å². The number of carbonyl (C=O) groups excluding carboxylic acids is 1. The second kappa shape index (κ2) is 6.00. The van der Waals surface area contributed by atoms with Crippen LogP contribution in [0.2, 0.25) is 0 Å². The molecule has 2 aromatic heterocycles. The molecule has 0 saturated carbocycles. The number of rotatable bonds is 3. The van der Waals surface area contributed by atoms with Crippen LogP contribution in [0.15, 0.2) is 65.6 Å². The molecule has 2 heterocycles. The molecule has 128 valence electrons. The van der Waals surface area contributed by atoms with E-state index in [9.17, 15) is 14.7 Å². The third-order valence-electron chi connectivity index (χ3n) is 4.30. The Hall–Kier alpha value is -3.67. The van der Waals surface area contributed by atoms with Gasteiger partial charge in [-0.2, -0.15) is 0 Å². The van der Waals surface area contributed by atoms with E-state index in [0.29, 0.717) is 22.2 Å². The summed E-state index contributed by atoms with van der Waals surface area (Å²) < 4.78 is 1.36. The van der Waals surface area contributed by atoms with Gasteiger partial charge in [-0.3, -0.25) is 14.0 Å². The number of aromatic nitrogens is 2. The average Bonchev–Trinajstić information content (AvgIpc) is 2.67. The number of para-hydroxylation sites is 2. The van der Waals surface area contributed by atoms with Crippen LogP contribution in [0.5, 0.6) is 5.75 Å². The van der Waals surface area contributed by atoms with E-state index in [1.807, 2.05) is 6.07 Å². The lowest BCUT2D eigenvalue weighted by atomic mass is 10.0. The van der Waals surface area contributed by atoms with Crippen molar-refractivity contribution in [1.29, 1.82) is 0 Å². The lowest BCUT2D eigenvalue weighted by Gasteiger charge is -2.11. The van der Waals surface area contributed by atoms with Crippen LogP contribution in [0.1, 0.15) is 15.9 Å². The van der Waals surface area contributed by atoms with Crippen LogP contribution in [0.3, 0.4) is 0 Å². The maximum atomic E-state index is 12.9. The molecule has 0 fully saturated rings. The van der Waals surface area contributed by atoms with Crippen molar-refractivity contribution >= 4 is 28.0 Å². The number of ketones is 1. The molecular formula is C20H15N3O3. The predicted octanol–water partition coefficient (Wildman–Crippen LogP) is 2.83. The number of fused-ring (bicyclic) bond motifs is 2. The van der Waals surface area contributed by atoms with Crippen molar-refractivity contribution in [1.82, 2.24) is 9.38 Å². The van der Waals surface area contributed by atoms with Crippen molar-refractivity contribution in [3.8, 4) is 5.75 Å². The Bertz CT molecular complexity index is 1230. The molecule has 0 spiro atoms. The molecule has 0 aliphatic rings. The summed E-state index contributed by atoms with van der Waals surface area (Å²) in [6.45, 7) is 0. The van der Waals surface area contributed by atoms with Crippen molar-refractivity contribution in [2.75, 3.05) is 12.4 Å². The number of pyridine rings is 1. The highest BCUT2D eigenvalue weighted by Crippen LogP contribution is 2.23. The monoisotopic (exact) mass is 345 g/mol. The number of phenolic OH excluding ortho intramolecular Hbond substituents is 1. The molecule has 0 aliphatic heterocycles. The van der Waals surface area contributed by atoms with Crippen molar-refractivity contribution in [3.05, 3.63) is 82.3 Å². The summed E-state index contributed by atoms with van der Waals surface area (Å²) in [5.41, 5.74) is 1.78. The number of nitrogens with zero attached hydrogens (tertiary/aromatic N) is 2. The van der Waals surface area contributed by atoms with E-state index >= 15 is 0 Å². The van der Waals surface area contributed by atoms with E-state index in [1.165, 1.54) is 16.7 Å². The molecule has 26 heavy (non-hydrogen) atoms. The third-order valence-corrected chi connectivity index (χ3v) is 4.30. The number of hydrogen-bond acceptors (Lipinski definition) is 5. The van der Waals surface area contributed by atoms with Crippen LogP contribution in [0.25, 0.3) is 16.6 Å². The zero-order valence-electron chi connectivity index (χ0n) is 13.9. The van der Waals surface area contributed by atoms with Gasteiger partial charge >= 0.3 is 0 Å². The lowest BCUT2D eigenvalue weighted by Crippen LogP contribution is -2.18. The molecule has 0 aliphatic carbocycles. The number of hydrogen-bond donors (Lipinski definition) is 2. The highest BCUT2D eigenvalue weighted by Gasteiger charge is 2.17. The number of aromatic hydroxyl groups is 1. The van der Waals surface area contributed by atoms with Crippen LogP contribution < -0.4 is 10.9 Å². The van der Waals surface area contributed by atoms with Crippen LogP contribution in [0.4, 0.5) is 5.69 Å². The SMILES string of the molecule is CNc1cc(C(=O)c2ccccc2O)cn2c(=O)c3ccccc3nc12. The Morgan fingerprint density at radius 3 is 2.62 bits per heavy atom. The summed E-state index contributed by atoms with van der Waals surface area (Å²) in [4.78, 5) is 30.2. The first-order chi connectivity index (χ1) is 12.6. The largest absolute Gasteiger partial charge is 0.507 e. The molecule has 0 saturated heterocycles. The Morgan fingerprint density at radius 2 is 1.85 bits per heavy atom. The van der Waals surface area contributed by atoms with Gasteiger partial charge in [-0.1, -0.05) is 24.3 Å². The highest BCUT2D eigenvalue weighted by molar-refractivity contribution is 6.11. The van der Waals surface area contributed by atoms with Crippen LogP contribution in [-0.2, 0) is 0 Å². The molecule has 0 amide bonds. The molecule has 0 unspecified atom stereocenters. The molecular weight excluding hydrogens is 330 g/mol. The van der Waals surface area contributed by atoms with Gasteiger partial charge in [-0.05, 0) is 30.3 Å². The van der Waals surface area contributed by atoms with E-state index in [2.05, 4.69) is 10.3 Å². The number of phenols is 1. The second-order valence-corrected chi connectivity index (χ2v) is 5.87. The van der Waals surface area contributed by atoms with Crippen LogP contribution in [0, 0.1) is 0 Å². The first-order valence-electron chi connectivity index (χ1n) is 8.06. The fourth-order valence-electron chi connectivity index (χ4n) is 2.98. The molecule has 0 atom stereocenters. The van der Waals surface area contributed by atoms with Gasteiger partial charge in [0.05, 0.1) is 22.2 Å². The number of anilines is 1. The summed E-state index contributed by atoms with van der Waals surface area (Å²) in [5, 5.41) is 13.4. The van der Waals surface area contributed by atoms with E-state index < -0.39 is 0 Å². The van der Waals surface area contributed by atoms with E-state index in [1.54, 1.807) is 49.5 Å². The van der Waals surface area contributed by atoms with Crippen molar-refractivity contribution in [2.45, 2.75) is 0 Å². The zero-order chi connectivity index (χ0) is 18.3. The number of carbonyl (C=O) groups is 1. The van der Waals surface area contributed by atoms with Gasteiger partial charge < -0.3 is 10.4 Å². The first kappa shape index (κ1) is 15.8. The summed E-state index contributed by atoms with van der Waals surface area (Å²) >= 11 is 0. The topological polar surface area (TPSA) is 83.7 Å². The summed E-state index contributed by atoms with van der Waals surface area (Å²) in [5.74, 6) is -0.478. The normalized spacial score (nSPS) is 11.0. The van der Waals surface area contributed by atoms with Crippen LogP contribution >= 0.6 is 0 Å². The smallest absolute Gasteiger partial charge is 0.265 e. The lowest BCUT2D eigenvalue weighted by molar-refractivity contribution is 0.103. The van der Waals surface area contributed by atoms with Crippen molar-refractivity contribution in [3.63, 3.8) is 0 Å². The first-order valence-corrected chi connectivity index (χ1v) is 8.06. The van der Waals surface area contributed by atoms with Gasteiger partial charge in [0.15, 0.2) is 11.4 Å². The van der Waals surface area contributed by atoms with Crippen LogP contribution in [-0.4, -0.2) is 27.3 Å². The van der Waals surface area contributed by atoms with Gasteiger partial charge in [-0.25, -0.2) is 4.98 Å². The van der Waals surface area contributed by atoms with Crippen molar-refractivity contribution < 1.29 is 9.90 Å². The molecule has 0 bridgehead atoms. The quantitative estimate of drug-likeness (QED) is 0.441. The minimum Gasteiger partial charge on any atom is -0.507 e. The molecule has 6 heteroatoms. The maximum absolute atomic E-state index is 12.9. The fourth-order valence-corrected chi connectivity index (χ4v) is 2.98. The second-order valence-electron chi connectivity index (χ2n) is 5.87. The molecule has 4 aromatic rings. The van der Waals surface area contributed by atoms with Crippen molar-refractivity contribution in [2.24, 2.45) is 0 Å². The van der Waals surface area contributed by atoms with Gasteiger partial charge in [0, 0.05) is 18.8 Å². The standard InChI is InChI=1S/C20H15N3O3/c1-21-16-10-12(18(25)14-7-3-5-9-17(14)24)11-23-19(16)22-15-8-4-2-6-13(15)20(23)26/h2-11,21,24H,1H3.